The molecule has 4 atom stereocenters. The van der Waals surface area contributed by atoms with Crippen LogP contribution in [0.3, 0.4) is 0 Å². The number of hydrogen-bond donors (Lipinski definition) is 0. The summed E-state index contributed by atoms with van der Waals surface area (Å²) >= 11 is 0. The molecule has 2 aliphatic rings. The molecule has 0 aromatic heterocycles. The number of methoxy groups -OCH3 is 2. The zero-order chi connectivity index (χ0) is 24.6. The Labute approximate surface area is 198 Å². The Hall–Kier alpha value is -1.16. The summed E-state index contributed by atoms with van der Waals surface area (Å²) in [5.74, 6) is 1.45. The molecule has 2 fully saturated rings. The van der Waals surface area contributed by atoms with Crippen LogP contribution >= 0.6 is 0 Å². The summed E-state index contributed by atoms with van der Waals surface area (Å²) in [4.78, 5) is 23.6. The minimum Gasteiger partial charge on any atom is -0.469 e. The van der Waals surface area contributed by atoms with Crippen LogP contribution in [0.2, 0.25) is 0 Å². The van der Waals surface area contributed by atoms with Gasteiger partial charge in [0.1, 0.15) is 5.78 Å². The molecule has 0 aliphatic heterocycles. The third-order valence-corrected chi connectivity index (χ3v) is 7.28. The molecule has 0 saturated heterocycles. The summed E-state index contributed by atoms with van der Waals surface area (Å²) in [6.07, 6.45) is 15.6. The summed E-state index contributed by atoms with van der Waals surface area (Å²) in [6.45, 7) is 12.6. The molecule has 2 aliphatic carbocycles. The number of unbranched alkanes of at least 4 members (excludes halogenated alkanes) is 1. The predicted molar refractivity (Wildman–Crippen MR) is 135 cm³/mol. The van der Waals surface area contributed by atoms with E-state index in [1.807, 2.05) is 34.8 Å². The molecule has 0 bridgehead atoms. The predicted octanol–water partition coefficient (Wildman–Crippen LogP) is 7.55. The molecule has 2 saturated carbocycles. The number of carbonyl (C=O) groups excluding carboxylic acids is 2. The molecule has 0 amide bonds. The van der Waals surface area contributed by atoms with E-state index in [0.29, 0.717) is 35.6 Å². The molecule has 0 N–H and O–H groups in total. The van der Waals surface area contributed by atoms with Crippen molar-refractivity contribution in [3.05, 3.63) is 12.2 Å². The summed E-state index contributed by atoms with van der Waals surface area (Å²) in [5.41, 5.74) is 0.373. The molecular formula is C28H52O4. The van der Waals surface area contributed by atoms with Crippen molar-refractivity contribution >= 4 is 11.8 Å². The van der Waals surface area contributed by atoms with Crippen molar-refractivity contribution < 1.29 is 19.1 Å². The summed E-state index contributed by atoms with van der Waals surface area (Å²) in [5, 5.41) is 0. The fraction of sp³-hybridized carbons (Fsp3) is 0.857. The van der Waals surface area contributed by atoms with E-state index >= 15 is 0 Å². The maximum absolute atomic E-state index is 12.5. The number of ether oxygens (including phenoxy) is 2. The number of ketones is 1. The van der Waals surface area contributed by atoms with Crippen molar-refractivity contribution in [2.75, 3.05) is 14.2 Å². The van der Waals surface area contributed by atoms with E-state index in [9.17, 15) is 9.59 Å². The molecule has 0 aromatic rings. The van der Waals surface area contributed by atoms with Crippen LogP contribution in [-0.2, 0) is 19.1 Å². The van der Waals surface area contributed by atoms with E-state index in [-0.39, 0.29) is 11.9 Å². The first-order valence-corrected chi connectivity index (χ1v) is 13.2. The van der Waals surface area contributed by atoms with Crippen LogP contribution in [0, 0.1) is 23.2 Å². The van der Waals surface area contributed by atoms with E-state index in [1.54, 1.807) is 0 Å². The largest absolute Gasteiger partial charge is 0.469 e. The van der Waals surface area contributed by atoms with Gasteiger partial charge < -0.3 is 9.47 Å². The number of esters is 1. The van der Waals surface area contributed by atoms with E-state index < -0.39 is 0 Å². The normalized spacial score (nSPS) is 24.6. The number of Topliss-reactive ketones (excluding diaryl/α,β-unsaturated/α-hetero) is 1. The number of allylic oxidation sites excluding steroid dienone is 2. The minimum absolute atomic E-state index is 0.154. The Balaban J connectivity index is 0.00000227. The summed E-state index contributed by atoms with van der Waals surface area (Å²) in [7, 11) is 3.27. The van der Waals surface area contributed by atoms with Gasteiger partial charge in [0, 0.05) is 25.9 Å². The van der Waals surface area contributed by atoms with Gasteiger partial charge in [-0.05, 0) is 62.2 Å². The molecule has 188 valence electrons. The van der Waals surface area contributed by atoms with Gasteiger partial charge in [0.15, 0.2) is 0 Å². The molecule has 0 spiro atoms. The van der Waals surface area contributed by atoms with Gasteiger partial charge in [-0.25, -0.2) is 0 Å². The third-order valence-electron chi connectivity index (χ3n) is 7.28. The average molecular weight is 453 g/mol. The first-order valence-electron chi connectivity index (χ1n) is 13.2. The van der Waals surface area contributed by atoms with Crippen molar-refractivity contribution in [2.45, 2.75) is 118 Å². The van der Waals surface area contributed by atoms with E-state index in [0.717, 1.165) is 44.9 Å². The summed E-state index contributed by atoms with van der Waals surface area (Å²) in [6, 6.07) is 0. The van der Waals surface area contributed by atoms with Crippen LogP contribution in [-0.4, -0.2) is 32.1 Å². The molecule has 0 radical (unpaired) electrons. The molecule has 4 nitrogen and oxygen atoms in total. The molecule has 0 heterocycles. The van der Waals surface area contributed by atoms with Crippen molar-refractivity contribution in [2.24, 2.45) is 23.2 Å². The van der Waals surface area contributed by atoms with Crippen LogP contribution in [0.15, 0.2) is 12.2 Å². The zero-order valence-corrected chi connectivity index (χ0v) is 22.4. The quantitative estimate of drug-likeness (QED) is 0.174. The highest BCUT2D eigenvalue weighted by Gasteiger charge is 2.41. The first-order chi connectivity index (χ1) is 15.4. The molecule has 2 rings (SSSR count). The van der Waals surface area contributed by atoms with Gasteiger partial charge >= 0.3 is 5.97 Å². The Morgan fingerprint density at radius 1 is 1.12 bits per heavy atom. The second-order valence-corrected chi connectivity index (χ2v) is 9.26. The van der Waals surface area contributed by atoms with E-state index in [1.165, 1.54) is 26.4 Å². The number of rotatable bonds is 12. The van der Waals surface area contributed by atoms with Gasteiger partial charge in [0.2, 0.25) is 0 Å². The van der Waals surface area contributed by atoms with Gasteiger partial charge in [-0.15, -0.1) is 0 Å². The molecule has 0 aromatic carbocycles. The van der Waals surface area contributed by atoms with Crippen LogP contribution in [0.25, 0.3) is 0 Å². The first kappa shape index (κ1) is 30.8. The topological polar surface area (TPSA) is 52.6 Å². The number of carbonyl (C=O) groups is 2. The maximum Gasteiger partial charge on any atom is 0.305 e. The average Bonchev–Trinajstić information content (AvgIpc) is 3.06. The van der Waals surface area contributed by atoms with Gasteiger partial charge in [0.05, 0.1) is 13.2 Å². The van der Waals surface area contributed by atoms with E-state index in [4.69, 9.17) is 4.74 Å². The Bertz CT molecular complexity index is 536. The highest BCUT2D eigenvalue weighted by Crippen LogP contribution is 2.46. The molecule has 4 heteroatoms. The van der Waals surface area contributed by atoms with Crippen LogP contribution < -0.4 is 0 Å². The zero-order valence-electron chi connectivity index (χ0n) is 22.4. The van der Waals surface area contributed by atoms with Crippen molar-refractivity contribution in [3.8, 4) is 0 Å². The fourth-order valence-electron chi connectivity index (χ4n) is 5.22. The molecule has 32 heavy (non-hydrogen) atoms. The van der Waals surface area contributed by atoms with Crippen LogP contribution in [0.1, 0.15) is 112 Å². The van der Waals surface area contributed by atoms with Gasteiger partial charge in [-0.3, -0.25) is 9.59 Å². The number of hydrogen-bond acceptors (Lipinski definition) is 4. The lowest BCUT2D eigenvalue weighted by Gasteiger charge is -2.44. The SMILES string of the molecule is CC.CC.COC(=O)CCC/C=C\C[C@H]1C(=O)C[C@@H](C)[C@@H]1CCCC(OC)C1(C)CCC1. The lowest BCUT2D eigenvalue weighted by molar-refractivity contribution is -0.140. The van der Waals surface area contributed by atoms with Crippen LogP contribution in [0.4, 0.5) is 0 Å². The standard InChI is InChI=1S/C24H40O4.2C2H6/c1-18-17-21(25)20(11-7-5-6-8-14-23(26)28-4)19(18)12-9-13-22(27-3)24(2)15-10-16-24;2*1-2/h5,7,18-20,22H,6,8-17H2,1-4H3;2*1-2H3/b7-5-;;/t18-,19+,20-,22?;;/m1../s1. The molecular weight excluding hydrogens is 400 g/mol. The second kappa shape index (κ2) is 17.3. The minimum atomic E-state index is -0.154. The lowest BCUT2D eigenvalue weighted by Crippen LogP contribution is -2.39. The van der Waals surface area contributed by atoms with Crippen molar-refractivity contribution in [3.63, 3.8) is 0 Å². The van der Waals surface area contributed by atoms with Gasteiger partial charge in [-0.2, -0.15) is 0 Å². The molecule has 1 unspecified atom stereocenters. The Morgan fingerprint density at radius 3 is 2.31 bits per heavy atom. The smallest absolute Gasteiger partial charge is 0.305 e. The van der Waals surface area contributed by atoms with Crippen molar-refractivity contribution in [1.82, 2.24) is 0 Å². The second-order valence-electron chi connectivity index (χ2n) is 9.26. The summed E-state index contributed by atoms with van der Waals surface area (Å²) < 4.78 is 10.5. The van der Waals surface area contributed by atoms with Gasteiger partial charge in [0.25, 0.3) is 0 Å². The maximum atomic E-state index is 12.5. The Morgan fingerprint density at radius 2 is 1.78 bits per heavy atom. The monoisotopic (exact) mass is 452 g/mol. The van der Waals surface area contributed by atoms with Gasteiger partial charge in [-0.1, -0.05) is 66.5 Å². The highest BCUT2D eigenvalue weighted by atomic mass is 16.5. The third kappa shape index (κ3) is 9.77. The lowest BCUT2D eigenvalue weighted by atomic mass is 9.65. The fourth-order valence-corrected chi connectivity index (χ4v) is 5.22. The van der Waals surface area contributed by atoms with E-state index in [2.05, 4.69) is 30.7 Å². The van der Waals surface area contributed by atoms with Crippen LogP contribution in [0.5, 0.6) is 0 Å². The highest BCUT2D eigenvalue weighted by molar-refractivity contribution is 5.84. The van der Waals surface area contributed by atoms with Crippen molar-refractivity contribution in [1.29, 1.82) is 0 Å². The Kier molecular flexibility index (Phi) is 16.7.